The molecule has 3 aliphatic rings. The van der Waals surface area contributed by atoms with Gasteiger partial charge in [0.25, 0.3) is 5.91 Å². The normalized spacial score (nSPS) is 27.5. The second-order valence-corrected chi connectivity index (χ2v) is 11.2. The largest absolute Gasteiger partial charge is 0.346 e. The standard InChI is InChI=1S/C27H40N4O4/c1-6-8-12-18(21(32)24(34)29-15-7-2)30-23(33)20-19-17(26(19,3)4)16-31(20)25(35)22(28)27(5)13-10-9-11-14-27/h1,7,17-20,22H,2,8-16,28H2,3-5H3,(H,29,34)(H,30,33)/t17-,18?,19?,20-,22+/m0/s1. The van der Waals surface area contributed by atoms with Gasteiger partial charge in [-0.3, -0.25) is 19.2 Å². The van der Waals surface area contributed by atoms with E-state index >= 15 is 0 Å². The van der Waals surface area contributed by atoms with Crippen LogP contribution in [0.3, 0.4) is 0 Å². The van der Waals surface area contributed by atoms with Gasteiger partial charge in [0, 0.05) is 19.5 Å². The molecule has 0 radical (unpaired) electrons. The molecule has 2 saturated carbocycles. The minimum atomic E-state index is -1.06. The number of carbonyl (C=O) groups is 4. The monoisotopic (exact) mass is 484 g/mol. The van der Waals surface area contributed by atoms with E-state index in [1.807, 2.05) is 0 Å². The van der Waals surface area contributed by atoms with Gasteiger partial charge in [0.15, 0.2) is 0 Å². The van der Waals surface area contributed by atoms with Crippen molar-refractivity contribution in [3.8, 4) is 12.3 Å². The Balaban J connectivity index is 1.79. The first-order chi connectivity index (χ1) is 16.5. The van der Waals surface area contributed by atoms with Crippen molar-refractivity contribution in [2.75, 3.05) is 13.1 Å². The van der Waals surface area contributed by atoms with Crippen molar-refractivity contribution in [2.45, 2.75) is 83.8 Å². The number of nitrogens with two attached hydrogens (primary N) is 1. The van der Waals surface area contributed by atoms with Crippen LogP contribution in [-0.4, -0.2) is 59.6 Å². The molecule has 1 heterocycles. The molecule has 0 spiro atoms. The number of terminal acetylenes is 1. The third-order valence-electron chi connectivity index (χ3n) is 8.61. The first kappa shape index (κ1) is 26.9. The number of hydrogen-bond acceptors (Lipinski definition) is 5. The molecule has 4 N–H and O–H groups in total. The number of piperidine rings is 1. The Hall–Kier alpha value is -2.66. The number of amides is 3. The first-order valence-electron chi connectivity index (χ1n) is 12.7. The zero-order valence-corrected chi connectivity index (χ0v) is 21.3. The summed E-state index contributed by atoms with van der Waals surface area (Å²) in [5, 5.41) is 5.21. The van der Waals surface area contributed by atoms with E-state index in [1.165, 1.54) is 6.08 Å². The van der Waals surface area contributed by atoms with Crippen LogP contribution < -0.4 is 16.4 Å². The van der Waals surface area contributed by atoms with Gasteiger partial charge in [-0.05, 0) is 41.9 Å². The number of hydrogen-bond donors (Lipinski definition) is 3. The number of carbonyl (C=O) groups excluding carboxylic acids is 4. The zero-order valence-electron chi connectivity index (χ0n) is 21.3. The third kappa shape index (κ3) is 5.30. The Morgan fingerprint density at radius 1 is 1.20 bits per heavy atom. The fourth-order valence-electron chi connectivity index (χ4n) is 6.12. The molecule has 0 aromatic heterocycles. The first-order valence-corrected chi connectivity index (χ1v) is 12.7. The van der Waals surface area contributed by atoms with E-state index in [4.69, 9.17) is 12.2 Å². The van der Waals surface area contributed by atoms with Gasteiger partial charge < -0.3 is 21.3 Å². The lowest BCUT2D eigenvalue weighted by atomic mass is 9.70. The van der Waals surface area contributed by atoms with Gasteiger partial charge in [-0.1, -0.05) is 46.1 Å². The highest BCUT2D eigenvalue weighted by atomic mass is 16.2. The molecule has 192 valence electrons. The number of ketones is 1. The number of fused-ring (bicyclic) bond motifs is 1. The zero-order chi connectivity index (χ0) is 26.0. The van der Waals surface area contributed by atoms with E-state index in [9.17, 15) is 19.2 Å². The van der Waals surface area contributed by atoms with E-state index in [-0.39, 0.29) is 48.0 Å². The Kier molecular flexibility index (Phi) is 8.10. The molecule has 8 heteroatoms. The van der Waals surface area contributed by atoms with Gasteiger partial charge in [-0.15, -0.1) is 18.9 Å². The number of nitrogens with zero attached hydrogens (tertiary/aromatic N) is 1. The fourth-order valence-corrected chi connectivity index (χ4v) is 6.12. The molecular weight excluding hydrogens is 444 g/mol. The van der Waals surface area contributed by atoms with Crippen molar-refractivity contribution >= 4 is 23.5 Å². The van der Waals surface area contributed by atoms with E-state index in [0.29, 0.717) is 6.54 Å². The molecule has 2 aliphatic carbocycles. The van der Waals surface area contributed by atoms with Crippen molar-refractivity contribution in [1.82, 2.24) is 15.5 Å². The summed E-state index contributed by atoms with van der Waals surface area (Å²) in [5.41, 5.74) is 6.17. The summed E-state index contributed by atoms with van der Waals surface area (Å²) in [6.45, 7) is 10.4. The minimum absolute atomic E-state index is 0.0178. The maximum absolute atomic E-state index is 13.6. The summed E-state index contributed by atoms with van der Waals surface area (Å²) >= 11 is 0. The lowest BCUT2D eigenvalue weighted by molar-refractivity contribution is -0.145. The van der Waals surface area contributed by atoms with Crippen LogP contribution in [0.25, 0.3) is 0 Å². The van der Waals surface area contributed by atoms with Crippen molar-refractivity contribution in [3.05, 3.63) is 12.7 Å². The lowest BCUT2D eigenvalue weighted by Gasteiger charge is -2.41. The summed E-state index contributed by atoms with van der Waals surface area (Å²) in [6, 6.07) is -2.47. The van der Waals surface area contributed by atoms with Crippen LogP contribution in [0.4, 0.5) is 0 Å². The molecule has 0 aromatic rings. The summed E-state index contributed by atoms with van der Waals surface area (Å²) in [7, 11) is 0. The summed E-state index contributed by atoms with van der Waals surface area (Å²) in [6.07, 6.45) is 12.2. The number of nitrogens with one attached hydrogen (secondary N) is 2. The molecule has 3 fully saturated rings. The van der Waals surface area contributed by atoms with E-state index < -0.39 is 35.7 Å². The third-order valence-corrected chi connectivity index (χ3v) is 8.61. The maximum Gasteiger partial charge on any atom is 0.289 e. The highest BCUT2D eigenvalue weighted by molar-refractivity contribution is 6.38. The van der Waals surface area contributed by atoms with Gasteiger partial charge in [-0.2, -0.15) is 0 Å². The molecule has 2 unspecified atom stereocenters. The van der Waals surface area contributed by atoms with Crippen LogP contribution in [0.2, 0.25) is 0 Å². The number of Topliss-reactive ketones (excluding diaryl/α,β-unsaturated/α-hetero) is 1. The van der Waals surface area contributed by atoms with E-state index in [0.717, 1.165) is 32.1 Å². The smallest absolute Gasteiger partial charge is 0.289 e. The topological polar surface area (TPSA) is 122 Å². The molecule has 8 nitrogen and oxygen atoms in total. The van der Waals surface area contributed by atoms with Gasteiger partial charge in [0.2, 0.25) is 17.6 Å². The second-order valence-electron chi connectivity index (χ2n) is 11.2. The van der Waals surface area contributed by atoms with Crippen LogP contribution in [0.1, 0.15) is 65.7 Å². The molecule has 3 rings (SSSR count). The SMILES string of the molecule is C#CCCC(NC(=O)[C@@H]1C2[C@H](CN1C(=O)[C@@H](N)C1(C)CCCCC1)C2(C)C)C(=O)C(=O)NCC=C. The molecule has 0 bridgehead atoms. The molecule has 0 aromatic carbocycles. The Bertz CT molecular complexity index is 915. The highest BCUT2D eigenvalue weighted by Gasteiger charge is 2.69. The Labute approximate surface area is 208 Å². The van der Waals surface area contributed by atoms with Crippen LogP contribution in [0, 0.1) is 35.0 Å². The summed E-state index contributed by atoms with van der Waals surface area (Å²) in [5.74, 6) is 0.449. The van der Waals surface area contributed by atoms with Gasteiger partial charge in [0.1, 0.15) is 6.04 Å². The predicted octanol–water partition coefficient (Wildman–Crippen LogP) is 1.54. The van der Waals surface area contributed by atoms with Crippen molar-refractivity contribution in [1.29, 1.82) is 0 Å². The maximum atomic E-state index is 13.6. The lowest BCUT2D eigenvalue weighted by Crippen LogP contribution is -2.59. The van der Waals surface area contributed by atoms with E-state index in [2.05, 4.69) is 43.9 Å². The molecule has 1 aliphatic heterocycles. The predicted molar refractivity (Wildman–Crippen MR) is 134 cm³/mol. The fraction of sp³-hybridized carbons (Fsp3) is 0.704. The quantitative estimate of drug-likeness (QED) is 0.247. The molecule has 5 atom stereocenters. The summed E-state index contributed by atoms with van der Waals surface area (Å²) < 4.78 is 0. The Morgan fingerprint density at radius 3 is 2.46 bits per heavy atom. The van der Waals surface area contributed by atoms with Crippen LogP contribution >= 0.6 is 0 Å². The number of rotatable bonds is 10. The molecule has 35 heavy (non-hydrogen) atoms. The average Bonchev–Trinajstić information content (AvgIpc) is 3.17. The van der Waals surface area contributed by atoms with Crippen molar-refractivity contribution in [3.63, 3.8) is 0 Å². The van der Waals surface area contributed by atoms with Crippen LogP contribution in [-0.2, 0) is 19.2 Å². The van der Waals surface area contributed by atoms with Gasteiger partial charge >= 0.3 is 0 Å². The highest BCUT2D eigenvalue weighted by Crippen LogP contribution is 2.65. The Morgan fingerprint density at radius 2 is 1.86 bits per heavy atom. The second kappa shape index (κ2) is 10.5. The van der Waals surface area contributed by atoms with E-state index in [1.54, 1.807) is 4.90 Å². The molecule has 1 saturated heterocycles. The molecule has 3 amide bonds. The number of likely N-dealkylation sites (tertiary alicyclic amines) is 1. The molecular formula is C27H40N4O4. The van der Waals surface area contributed by atoms with Gasteiger partial charge in [-0.25, -0.2) is 0 Å². The van der Waals surface area contributed by atoms with Crippen LogP contribution in [0.15, 0.2) is 12.7 Å². The van der Waals surface area contributed by atoms with Crippen molar-refractivity contribution < 1.29 is 19.2 Å². The average molecular weight is 485 g/mol. The minimum Gasteiger partial charge on any atom is -0.346 e. The van der Waals surface area contributed by atoms with Crippen molar-refractivity contribution in [2.24, 2.45) is 28.4 Å². The summed E-state index contributed by atoms with van der Waals surface area (Å²) in [4.78, 5) is 53.9. The van der Waals surface area contributed by atoms with Gasteiger partial charge in [0.05, 0.1) is 12.1 Å². The van der Waals surface area contributed by atoms with Crippen LogP contribution in [0.5, 0.6) is 0 Å².